The Hall–Kier alpha value is -2.42. The molecule has 0 unspecified atom stereocenters. The first-order valence-corrected chi connectivity index (χ1v) is 11.6. The van der Waals surface area contributed by atoms with Crippen molar-refractivity contribution in [1.82, 2.24) is 4.90 Å². The topological polar surface area (TPSA) is 79.0 Å². The number of hydrogen-bond donors (Lipinski definition) is 1. The molecule has 7 nitrogen and oxygen atoms in total. The molecule has 2 heterocycles. The number of nitrogens with zero attached hydrogens (tertiary/aromatic N) is 2. The zero-order valence-electron chi connectivity index (χ0n) is 16.4. The number of carbonyl (C=O) groups excluding carboxylic acids is 1. The van der Waals surface area contributed by atoms with Crippen LogP contribution >= 0.6 is 0 Å². The first-order valence-electron chi connectivity index (χ1n) is 9.71. The van der Waals surface area contributed by atoms with E-state index in [2.05, 4.69) is 16.3 Å². The molecule has 154 valence electrons. The molecule has 8 heteroatoms. The Morgan fingerprint density at radius 2 is 1.90 bits per heavy atom. The van der Waals surface area contributed by atoms with Crippen molar-refractivity contribution in [3.05, 3.63) is 59.2 Å². The van der Waals surface area contributed by atoms with Gasteiger partial charge in [-0.15, -0.1) is 0 Å². The number of ether oxygens (including phenoxy) is 1. The predicted octanol–water partition coefficient (Wildman–Crippen LogP) is 2.09. The summed E-state index contributed by atoms with van der Waals surface area (Å²) in [6, 6.07) is 13.0. The molecule has 1 saturated heterocycles. The summed E-state index contributed by atoms with van der Waals surface area (Å²) in [6.07, 6.45) is 1.81. The maximum absolute atomic E-state index is 12.7. The fraction of sp³-hybridized carbons (Fsp3) is 0.381. The van der Waals surface area contributed by atoms with Gasteiger partial charge < -0.3 is 10.1 Å². The molecular formula is C21H25N3O4S. The molecule has 1 amide bonds. The van der Waals surface area contributed by atoms with Crippen molar-refractivity contribution in [2.75, 3.05) is 48.7 Å². The van der Waals surface area contributed by atoms with Crippen LogP contribution in [-0.4, -0.2) is 58.3 Å². The normalized spacial score (nSPS) is 17.2. The number of amides is 1. The van der Waals surface area contributed by atoms with Crippen LogP contribution in [-0.2, 0) is 27.7 Å². The molecule has 1 fully saturated rings. The molecule has 0 aromatic heterocycles. The van der Waals surface area contributed by atoms with Crippen molar-refractivity contribution in [2.24, 2.45) is 0 Å². The van der Waals surface area contributed by atoms with E-state index in [1.807, 2.05) is 18.2 Å². The van der Waals surface area contributed by atoms with Crippen molar-refractivity contribution >= 4 is 27.3 Å². The first kappa shape index (κ1) is 19.9. The Bertz CT molecular complexity index is 1020. The lowest BCUT2D eigenvalue weighted by molar-refractivity contribution is 0.0342. The largest absolute Gasteiger partial charge is 0.379 e. The van der Waals surface area contributed by atoms with Crippen LogP contribution in [0.1, 0.15) is 21.5 Å². The summed E-state index contributed by atoms with van der Waals surface area (Å²) in [7, 11) is -3.29. The number of benzene rings is 2. The summed E-state index contributed by atoms with van der Waals surface area (Å²) >= 11 is 0. The lowest BCUT2D eigenvalue weighted by atomic mass is 10.1. The predicted molar refractivity (Wildman–Crippen MR) is 113 cm³/mol. The monoisotopic (exact) mass is 415 g/mol. The van der Waals surface area contributed by atoms with E-state index in [4.69, 9.17) is 4.74 Å². The highest BCUT2D eigenvalue weighted by molar-refractivity contribution is 7.92. The summed E-state index contributed by atoms with van der Waals surface area (Å²) in [5.74, 6) is -0.200. The molecule has 0 bridgehead atoms. The Labute approximate surface area is 171 Å². The van der Waals surface area contributed by atoms with Crippen molar-refractivity contribution in [3.8, 4) is 0 Å². The van der Waals surface area contributed by atoms with Gasteiger partial charge in [0.25, 0.3) is 5.91 Å². The maximum Gasteiger partial charge on any atom is 0.255 e. The van der Waals surface area contributed by atoms with Crippen molar-refractivity contribution in [1.29, 1.82) is 0 Å². The van der Waals surface area contributed by atoms with E-state index in [-0.39, 0.29) is 5.91 Å². The molecule has 2 aromatic rings. The zero-order chi connectivity index (χ0) is 20.4. The number of rotatable bonds is 5. The lowest BCUT2D eigenvalue weighted by Crippen LogP contribution is -2.35. The molecule has 29 heavy (non-hydrogen) atoms. The van der Waals surface area contributed by atoms with Crippen molar-refractivity contribution in [3.63, 3.8) is 0 Å². The number of hydrogen-bond acceptors (Lipinski definition) is 5. The van der Waals surface area contributed by atoms with Crippen LogP contribution in [0, 0.1) is 0 Å². The smallest absolute Gasteiger partial charge is 0.255 e. The van der Waals surface area contributed by atoms with Crippen LogP contribution in [0.5, 0.6) is 0 Å². The number of anilines is 2. The molecule has 0 spiro atoms. The second kappa shape index (κ2) is 8.14. The molecule has 2 aromatic carbocycles. The van der Waals surface area contributed by atoms with Gasteiger partial charge in [0.1, 0.15) is 0 Å². The van der Waals surface area contributed by atoms with E-state index in [0.717, 1.165) is 49.7 Å². The third-order valence-electron chi connectivity index (χ3n) is 5.29. The second-order valence-electron chi connectivity index (χ2n) is 7.47. The summed E-state index contributed by atoms with van der Waals surface area (Å²) in [5, 5.41) is 2.95. The highest BCUT2D eigenvalue weighted by atomic mass is 32.2. The third-order valence-corrected chi connectivity index (χ3v) is 6.47. The van der Waals surface area contributed by atoms with Gasteiger partial charge in [0.05, 0.1) is 25.2 Å². The number of nitrogens with one attached hydrogen (secondary N) is 1. The van der Waals surface area contributed by atoms with Gasteiger partial charge in [0.15, 0.2) is 0 Å². The SMILES string of the molecule is CS(=O)(=O)N1CCc2cc(C(=O)Nc3cccc(CN4CCOCC4)c3)ccc21. The summed E-state index contributed by atoms with van der Waals surface area (Å²) in [4.78, 5) is 15.1. The minimum absolute atomic E-state index is 0.200. The number of fused-ring (bicyclic) bond motifs is 1. The van der Waals surface area contributed by atoms with E-state index in [1.54, 1.807) is 18.2 Å². The number of morpholine rings is 1. The fourth-order valence-corrected chi connectivity index (χ4v) is 4.78. The van der Waals surface area contributed by atoms with E-state index < -0.39 is 10.0 Å². The number of carbonyl (C=O) groups is 1. The molecule has 2 aliphatic rings. The first-order chi connectivity index (χ1) is 13.9. The van der Waals surface area contributed by atoms with Gasteiger partial charge in [-0.2, -0.15) is 0 Å². The lowest BCUT2D eigenvalue weighted by Gasteiger charge is -2.26. The molecule has 0 aliphatic carbocycles. The Balaban J connectivity index is 1.45. The van der Waals surface area contributed by atoms with E-state index >= 15 is 0 Å². The molecule has 0 saturated carbocycles. The highest BCUT2D eigenvalue weighted by Gasteiger charge is 2.26. The second-order valence-corrected chi connectivity index (χ2v) is 9.38. The van der Waals surface area contributed by atoms with Crippen LogP contribution in [0.25, 0.3) is 0 Å². The fourth-order valence-electron chi connectivity index (χ4n) is 3.83. The standard InChI is InChI=1S/C21H25N3O4S/c1-29(26,27)24-8-7-17-14-18(5-6-20(17)24)21(25)22-19-4-2-3-16(13-19)15-23-9-11-28-12-10-23/h2-6,13-14H,7-12,15H2,1H3,(H,22,25). The molecule has 1 N–H and O–H groups in total. The molecular weight excluding hydrogens is 390 g/mol. The summed E-state index contributed by atoms with van der Waals surface area (Å²) in [5.41, 5.74) is 3.96. The molecule has 4 rings (SSSR count). The van der Waals surface area contributed by atoms with E-state index in [9.17, 15) is 13.2 Å². The number of sulfonamides is 1. The average molecular weight is 416 g/mol. The zero-order valence-corrected chi connectivity index (χ0v) is 17.2. The Morgan fingerprint density at radius 1 is 1.10 bits per heavy atom. The van der Waals surface area contributed by atoms with Crippen LogP contribution in [0.15, 0.2) is 42.5 Å². The Kier molecular flexibility index (Phi) is 5.58. The third kappa shape index (κ3) is 4.60. The highest BCUT2D eigenvalue weighted by Crippen LogP contribution is 2.31. The average Bonchev–Trinajstić information content (AvgIpc) is 3.13. The van der Waals surface area contributed by atoms with Crippen LogP contribution in [0.4, 0.5) is 11.4 Å². The minimum atomic E-state index is -3.29. The van der Waals surface area contributed by atoms with Crippen molar-refractivity contribution < 1.29 is 17.9 Å². The van der Waals surface area contributed by atoms with Gasteiger partial charge in [-0.3, -0.25) is 14.0 Å². The van der Waals surface area contributed by atoms with Crippen LogP contribution in [0.3, 0.4) is 0 Å². The quantitative estimate of drug-likeness (QED) is 0.809. The molecule has 0 atom stereocenters. The van der Waals surface area contributed by atoms with Crippen LogP contribution < -0.4 is 9.62 Å². The van der Waals surface area contributed by atoms with Gasteiger partial charge in [0.2, 0.25) is 10.0 Å². The minimum Gasteiger partial charge on any atom is -0.379 e. The van der Waals surface area contributed by atoms with E-state index in [1.165, 1.54) is 10.6 Å². The summed E-state index contributed by atoms with van der Waals surface area (Å²) in [6.45, 7) is 4.58. The van der Waals surface area contributed by atoms with Gasteiger partial charge in [0, 0.05) is 37.4 Å². The van der Waals surface area contributed by atoms with Gasteiger partial charge >= 0.3 is 0 Å². The Morgan fingerprint density at radius 3 is 2.66 bits per heavy atom. The van der Waals surface area contributed by atoms with Gasteiger partial charge in [-0.05, 0) is 47.9 Å². The van der Waals surface area contributed by atoms with E-state index in [0.29, 0.717) is 24.2 Å². The summed E-state index contributed by atoms with van der Waals surface area (Å²) < 4.78 is 30.5. The molecule has 0 radical (unpaired) electrons. The maximum atomic E-state index is 12.7. The van der Waals surface area contributed by atoms with Gasteiger partial charge in [-0.1, -0.05) is 12.1 Å². The van der Waals surface area contributed by atoms with Gasteiger partial charge in [-0.25, -0.2) is 8.42 Å². The van der Waals surface area contributed by atoms with Crippen molar-refractivity contribution in [2.45, 2.75) is 13.0 Å². The van der Waals surface area contributed by atoms with Crippen LogP contribution in [0.2, 0.25) is 0 Å². The molecule has 2 aliphatic heterocycles.